The summed E-state index contributed by atoms with van der Waals surface area (Å²) in [6.07, 6.45) is 3.38. The fourth-order valence-electron chi connectivity index (χ4n) is 2.04. The molecule has 1 aliphatic carbocycles. The second-order valence-electron chi connectivity index (χ2n) is 4.22. The molecule has 2 rings (SSSR count). The molecule has 1 atom stereocenters. The summed E-state index contributed by atoms with van der Waals surface area (Å²) in [6.45, 7) is 0.220. The monoisotopic (exact) mass is 255 g/mol. The van der Waals surface area contributed by atoms with E-state index in [1.54, 1.807) is 18.4 Å². The third-order valence-corrected chi connectivity index (χ3v) is 4.13. The van der Waals surface area contributed by atoms with Crippen LogP contribution in [-0.2, 0) is 17.6 Å². The van der Waals surface area contributed by atoms with Crippen LogP contribution in [0.25, 0.3) is 0 Å². The van der Waals surface area contributed by atoms with Crippen LogP contribution in [0.2, 0.25) is 0 Å². The maximum Gasteiger partial charge on any atom is 0.261 e. The van der Waals surface area contributed by atoms with Gasteiger partial charge in [0.15, 0.2) is 0 Å². The van der Waals surface area contributed by atoms with E-state index in [-0.39, 0.29) is 18.6 Å². The first-order valence-electron chi connectivity index (χ1n) is 5.77. The third-order valence-electron chi connectivity index (χ3n) is 2.89. The standard InChI is InChI=1S/C12H17NO3S/c1-16-7-9(6-14)13-12(15)11-5-8-3-2-4-10(8)17-11/h5,9,14H,2-4,6-7H2,1H3,(H,13,15). The van der Waals surface area contributed by atoms with Gasteiger partial charge in [0, 0.05) is 12.0 Å². The van der Waals surface area contributed by atoms with Gasteiger partial charge in [0.1, 0.15) is 0 Å². The first-order chi connectivity index (χ1) is 8.24. The topological polar surface area (TPSA) is 58.6 Å². The number of ether oxygens (including phenoxy) is 1. The van der Waals surface area contributed by atoms with Crippen LogP contribution in [0, 0.1) is 0 Å². The predicted octanol–water partition coefficient (Wildman–Crippen LogP) is 0.974. The zero-order valence-corrected chi connectivity index (χ0v) is 10.7. The summed E-state index contributed by atoms with van der Waals surface area (Å²) < 4.78 is 4.92. The van der Waals surface area contributed by atoms with Crippen molar-refractivity contribution in [2.45, 2.75) is 25.3 Å². The molecule has 4 nitrogen and oxygen atoms in total. The number of amides is 1. The van der Waals surface area contributed by atoms with Gasteiger partial charge in [-0.15, -0.1) is 11.3 Å². The van der Waals surface area contributed by atoms with Gasteiger partial charge in [-0.05, 0) is 30.9 Å². The average molecular weight is 255 g/mol. The molecule has 0 spiro atoms. The molecule has 0 bridgehead atoms. The number of methoxy groups -OCH3 is 1. The van der Waals surface area contributed by atoms with Gasteiger partial charge in [-0.3, -0.25) is 4.79 Å². The van der Waals surface area contributed by atoms with Crippen LogP contribution in [0.3, 0.4) is 0 Å². The van der Waals surface area contributed by atoms with E-state index in [0.29, 0.717) is 6.61 Å². The molecule has 1 amide bonds. The minimum absolute atomic E-state index is 0.106. The summed E-state index contributed by atoms with van der Waals surface area (Å²) in [5.74, 6) is -0.111. The zero-order chi connectivity index (χ0) is 12.3. The normalized spacial score (nSPS) is 15.6. The first-order valence-corrected chi connectivity index (χ1v) is 6.58. The van der Waals surface area contributed by atoms with Crippen molar-refractivity contribution in [2.75, 3.05) is 20.3 Å². The largest absolute Gasteiger partial charge is 0.394 e. The molecule has 1 aromatic rings. The summed E-state index contributed by atoms with van der Waals surface area (Å²) in [5.41, 5.74) is 1.31. The Bertz CT molecular complexity index is 381. The lowest BCUT2D eigenvalue weighted by Crippen LogP contribution is -2.40. The predicted molar refractivity (Wildman–Crippen MR) is 66.6 cm³/mol. The molecule has 0 aromatic carbocycles. The summed E-state index contributed by atoms with van der Waals surface area (Å²) in [7, 11) is 1.55. The Labute approximate surface area is 105 Å². The molecule has 0 aliphatic heterocycles. The number of hydrogen-bond acceptors (Lipinski definition) is 4. The van der Waals surface area contributed by atoms with Crippen LogP contribution in [0.5, 0.6) is 0 Å². The highest BCUT2D eigenvalue weighted by atomic mass is 32.1. The highest BCUT2D eigenvalue weighted by Gasteiger charge is 2.20. The van der Waals surface area contributed by atoms with E-state index in [9.17, 15) is 4.79 Å². The van der Waals surface area contributed by atoms with Crippen molar-refractivity contribution in [3.05, 3.63) is 21.4 Å². The number of carbonyl (C=O) groups is 1. The number of fused-ring (bicyclic) bond motifs is 1. The summed E-state index contributed by atoms with van der Waals surface area (Å²) in [4.78, 5) is 14.0. The van der Waals surface area contributed by atoms with E-state index in [1.165, 1.54) is 16.9 Å². The Morgan fingerprint density at radius 3 is 3.12 bits per heavy atom. The van der Waals surface area contributed by atoms with E-state index in [1.807, 2.05) is 6.07 Å². The highest BCUT2D eigenvalue weighted by Crippen LogP contribution is 2.30. The van der Waals surface area contributed by atoms with E-state index in [2.05, 4.69) is 5.32 Å². The van der Waals surface area contributed by atoms with E-state index >= 15 is 0 Å². The van der Waals surface area contributed by atoms with Crippen molar-refractivity contribution in [1.29, 1.82) is 0 Å². The molecule has 0 fully saturated rings. The SMILES string of the molecule is COCC(CO)NC(=O)c1cc2c(s1)CCC2. The fourth-order valence-corrected chi connectivity index (χ4v) is 3.20. The number of rotatable bonds is 5. The van der Waals surface area contributed by atoms with Crippen molar-refractivity contribution in [1.82, 2.24) is 5.32 Å². The number of hydrogen-bond donors (Lipinski definition) is 2. The summed E-state index contributed by atoms with van der Waals surface area (Å²) >= 11 is 1.57. The second-order valence-corrected chi connectivity index (χ2v) is 5.36. The van der Waals surface area contributed by atoms with Gasteiger partial charge >= 0.3 is 0 Å². The Balaban J connectivity index is 1.99. The number of aryl methyl sites for hydroxylation is 2. The lowest BCUT2D eigenvalue weighted by molar-refractivity contribution is 0.0843. The minimum atomic E-state index is -0.329. The van der Waals surface area contributed by atoms with Crippen molar-refractivity contribution in [3.8, 4) is 0 Å². The van der Waals surface area contributed by atoms with Gasteiger partial charge in [0.25, 0.3) is 5.91 Å². The van der Waals surface area contributed by atoms with Gasteiger partial charge in [-0.2, -0.15) is 0 Å². The molecule has 94 valence electrons. The van der Waals surface area contributed by atoms with Gasteiger partial charge in [-0.25, -0.2) is 0 Å². The molecule has 1 unspecified atom stereocenters. The molecule has 17 heavy (non-hydrogen) atoms. The Morgan fingerprint density at radius 2 is 2.47 bits per heavy atom. The Kier molecular flexibility index (Phi) is 4.15. The van der Waals surface area contributed by atoms with Gasteiger partial charge in [0.2, 0.25) is 0 Å². The van der Waals surface area contributed by atoms with Crippen molar-refractivity contribution < 1.29 is 14.6 Å². The highest BCUT2D eigenvalue weighted by molar-refractivity contribution is 7.14. The fraction of sp³-hybridized carbons (Fsp3) is 0.583. The molecule has 0 saturated heterocycles. The number of aliphatic hydroxyl groups is 1. The van der Waals surface area contributed by atoms with Crippen LogP contribution in [0.4, 0.5) is 0 Å². The van der Waals surface area contributed by atoms with E-state index in [4.69, 9.17) is 9.84 Å². The molecule has 0 radical (unpaired) electrons. The first kappa shape index (κ1) is 12.5. The van der Waals surface area contributed by atoms with Crippen LogP contribution in [0.1, 0.15) is 26.5 Å². The number of nitrogens with one attached hydrogen (secondary N) is 1. The number of aliphatic hydroxyl groups excluding tert-OH is 1. The van der Waals surface area contributed by atoms with Crippen molar-refractivity contribution in [3.63, 3.8) is 0 Å². The number of thiophene rings is 1. The van der Waals surface area contributed by atoms with Crippen LogP contribution in [-0.4, -0.2) is 37.4 Å². The molecular formula is C12H17NO3S. The van der Waals surface area contributed by atoms with Gasteiger partial charge in [-0.1, -0.05) is 0 Å². The Hall–Kier alpha value is -0.910. The zero-order valence-electron chi connectivity index (χ0n) is 9.86. The molecule has 1 aliphatic rings. The van der Waals surface area contributed by atoms with Crippen molar-refractivity contribution in [2.24, 2.45) is 0 Å². The lowest BCUT2D eigenvalue weighted by Gasteiger charge is -2.14. The minimum Gasteiger partial charge on any atom is -0.394 e. The lowest BCUT2D eigenvalue weighted by atomic mass is 10.2. The average Bonchev–Trinajstić information content (AvgIpc) is 2.88. The molecule has 1 aromatic heterocycles. The molecule has 2 N–H and O–H groups in total. The molecule has 5 heteroatoms. The molecule has 1 heterocycles. The third kappa shape index (κ3) is 2.86. The summed E-state index contributed by atoms with van der Waals surface area (Å²) in [6, 6.07) is 1.65. The Morgan fingerprint density at radius 1 is 1.65 bits per heavy atom. The second kappa shape index (κ2) is 5.62. The molecule has 0 saturated carbocycles. The van der Waals surface area contributed by atoms with E-state index < -0.39 is 0 Å². The maximum atomic E-state index is 11.9. The van der Waals surface area contributed by atoms with E-state index in [0.717, 1.165) is 17.7 Å². The van der Waals surface area contributed by atoms with Crippen LogP contribution in [0.15, 0.2) is 6.07 Å². The number of carbonyl (C=O) groups excluding carboxylic acids is 1. The van der Waals surface area contributed by atoms with Gasteiger partial charge in [0.05, 0.1) is 24.1 Å². The van der Waals surface area contributed by atoms with Gasteiger partial charge < -0.3 is 15.2 Å². The summed E-state index contributed by atoms with van der Waals surface area (Å²) in [5, 5.41) is 11.8. The molecular weight excluding hydrogens is 238 g/mol. The maximum absolute atomic E-state index is 11.9. The van der Waals surface area contributed by atoms with Crippen LogP contribution >= 0.6 is 11.3 Å². The van der Waals surface area contributed by atoms with Crippen LogP contribution < -0.4 is 5.32 Å². The quantitative estimate of drug-likeness (QED) is 0.824. The van der Waals surface area contributed by atoms with Crippen molar-refractivity contribution >= 4 is 17.2 Å². The smallest absolute Gasteiger partial charge is 0.261 e.